The van der Waals surface area contributed by atoms with E-state index >= 15 is 0 Å². The summed E-state index contributed by atoms with van der Waals surface area (Å²) in [5, 5.41) is 1.56. The Morgan fingerprint density at radius 2 is 2.10 bits per heavy atom. The number of carbonyl (C=O) groups excluding carboxylic acids is 1. The highest BCUT2D eigenvalue weighted by atomic mass is 16.7. The molecule has 0 saturated heterocycles. The molecule has 0 atom stereocenters. The van der Waals surface area contributed by atoms with Crippen LogP contribution in [0.25, 0.3) is 0 Å². The van der Waals surface area contributed by atoms with Crippen LogP contribution < -0.4 is 0 Å². The van der Waals surface area contributed by atoms with Gasteiger partial charge in [0.2, 0.25) is 0 Å². The molecule has 0 unspecified atom stereocenters. The summed E-state index contributed by atoms with van der Waals surface area (Å²) < 4.78 is 0. The van der Waals surface area contributed by atoms with Gasteiger partial charge in [-0.15, -0.1) is 5.06 Å². The van der Waals surface area contributed by atoms with Gasteiger partial charge in [0, 0.05) is 20.0 Å². The lowest BCUT2D eigenvalue weighted by molar-refractivity contribution is -0.183. The van der Waals surface area contributed by atoms with E-state index in [1.807, 2.05) is 6.92 Å². The van der Waals surface area contributed by atoms with Crippen molar-refractivity contribution in [3.63, 3.8) is 0 Å². The SMILES string of the molecule is CCCN(C)OC(=O)CC. The zero-order valence-electron chi connectivity index (χ0n) is 6.89. The summed E-state index contributed by atoms with van der Waals surface area (Å²) in [6.07, 6.45) is 1.43. The summed E-state index contributed by atoms with van der Waals surface area (Å²) in [5.74, 6) is -0.170. The molecule has 10 heavy (non-hydrogen) atoms. The Kier molecular flexibility index (Phi) is 4.94. The first kappa shape index (κ1) is 9.43. The third kappa shape index (κ3) is 4.32. The molecule has 0 aliphatic heterocycles. The summed E-state index contributed by atoms with van der Waals surface area (Å²) in [6, 6.07) is 0. The zero-order chi connectivity index (χ0) is 7.98. The van der Waals surface area contributed by atoms with Crippen LogP contribution in [0.3, 0.4) is 0 Å². The standard InChI is InChI=1S/C7H15NO2/c1-4-6-8(3)10-7(9)5-2/h4-6H2,1-3H3. The maximum atomic E-state index is 10.6. The predicted octanol–water partition coefficient (Wildman–Crippen LogP) is 1.20. The van der Waals surface area contributed by atoms with Gasteiger partial charge >= 0.3 is 5.97 Å². The van der Waals surface area contributed by atoms with Crippen LogP contribution in [0.1, 0.15) is 26.7 Å². The molecule has 0 saturated carbocycles. The molecule has 0 amide bonds. The predicted molar refractivity (Wildman–Crippen MR) is 39.3 cm³/mol. The third-order valence-corrected chi connectivity index (χ3v) is 1.08. The highest BCUT2D eigenvalue weighted by Crippen LogP contribution is 1.91. The van der Waals surface area contributed by atoms with Crippen LogP contribution in [0.15, 0.2) is 0 Å². The number of hydroxylamine groups is 2. The highest BCUT2D eigenvalue weighted by Gasteiger charge is 2.01. The highest BCUT2D eigenvalue weighted by molar-refractivity contribution is 5.68. The second-order valence-corrected chi connectivity index (χ2v) is 2.17. The van der Waals surface area contributed by atoms with Crippen molar-refractivity contribution >= 4 is 5.97 Å². The first-order valence-electron chi connectivity index (χ1n) is 3.62. The smallest absolute Gasteiger partial charge is 0.324 e. The minimum atomic E-state index is -0.170. The lowest BCUT2D eigenvalue weighted by Gasteiger charge is -2.13. The van der Waals surface area contributed by atoms with Gasteiger partial charge in [-0.2, -0.15) is 0 Å². The maximum Gasteiger partial charge on any atom is 0.324 e. The van der Waals surface area contributed by atoms with E-state index in [4.69, 9.17) is 4.84 Å². The van der Waals surface area contributed by atoms with Gasteiger partial charge in [-0.1, -0.05) is 13.8 Å². The topological polar surface area (TPSA) is 29.5 Å². The fourth-order valence-electron chi connectivity index (χ4n) is 0.599. The zero-order valence-corrected chi connectivity index (χ0v) is 6.89. The average Bonchev–Trinajstić information content (AvgIpc) is 1.88. The van der Waals surface area contributed by atoms with Gasteiger partial charge in [-0.05, 0) is 6.42 Å². The molecule has 0 bridgehead atoms. The molecule has 0 aromatic carbocycles. The summed E-state index contributed by atoms with van der Waals surface area (Å²) in [4.78, 5) is 15.5. The molecule has 3 nitrogen and oxygen atoms in total. The van der Waals surface area contributed by atoms with Crippen molar-refractivity contribution in [3.8, 4) is 0 Å². The van der Waals surface area contributed by atoms with Crippen molar-refractivity contribution in [2.24, 2.45) is 0 Å². The average molecular weight is 145 g/mol. The van der Waals surface area contributed by atoms with E-state index in [2.05, 4.69) is 0 Å². The van der Waals surface area contributed by atoms with E-state index in [-0.39, 0.29) is 5.97 Å². The van der Waals surface area contributed by atoms with Gasteiger partial charge in [0.1, 0.15) is 0 Å². The molecule has 60 valence electrons. The van der Waals surface area contributed by atoms with Gasteiger partial charge in [0.25, 0.3) is 0 Å². The van der Waals surface area contributed by atoms with E-state index in [0.29, 0.717) is 6.42 Å². The molecule has 0 aromatic rings. The molecule has 0 heterocycles. The molecule has 0 aliphatic carbocycles. The first-order valence-corrected chi connectivity index (χ1v) is 3.62. The Balaban J connectivity index is 3.37. The molecule has 3 heteroatoms. The third-order valence-electron chi connectivity index (χ3n) is 1.08. The van der Waals surface area contributed by atoms with Crippen LogP contribution in [0.2, 0.25) is 0 Å². The van der Waals surface area contributed by atoms with E-state index < -0.39 is 0 Å². The molecule has 0 aliphatic rings. The largest absolute Gasteiger partial charge is 0.368 e. The van der Waals surface area contributed by atoms with Crippen LogP contribution in [0, 0.1) is 0 Å². The molecule has 0 aromatic heterocycles. The first-order chi connectivity index (χ1) is 4.70. The van der Waals surface area contributed by atoms with Gasteiger partial charge in [-0.25, -0.2) is 0 Å². The van der Waals surface area contributed by atoms with Crippen LogP contribution >= 0.6 is 0 Å². The van der Waals surface area contributed by atoms with Crippen molar-refractivity contribution < 1.29 is 9.63 Å². The summed E-state index contributed by atoms with van der Waals surface area (Å²) in [5.41, 5.74) is 0. The van der Waals surface area contributed by atoms with Gasteiger partial charge in [0.15, 0.2) is 0 Å². The van der Waals surface area contributed by atoms with Gasteiger partial charge < -0.3 is 4.84 Å². The molecular formula is C7H15NO2. The molecular weight excluding hydrogens is 130 g/mol. The second-order valence-electron chi connectivity index (χ2n) is 2.17. The van der Waals surface area contributed by atoms with E-state index in [1.54, 1.807) is 19.0 Å². The van der Waals surface area contributed by atoms with Crippen molar-refractivity contribution in [2.75, 3.05) is 13.6 Å². The molecule has 0 spiro atoms. The van der Waals surface area contributed by atoms with Gasteiger partial charge in [0.05, 0.1) is 0 Å². The van der Waals surface area contributed by atoms with Crippen LogP contribution in [-0.2, 0) is 9.63 Å². The van der Waals surface area contributed by atoms with Crippen molar-refractivity contribution in [1.82, 2.24) is 5.06 Å². The Morgan fingerprint density at radius 1 is 1.50 bits per heavy atom. The monoisotopic (exact) mass is 145 g/mol. The summed E-state index contributed by atoms with van der Waals surface area (Å²) >= 11 is 0. The fourth-order valence-corrected chi connectivity index (χ4v) is 0.599. The summed E-state index contributed by atoms with van der Waals surface area (Å²) in [6.45, 7) is 4.62. The van der Waals surface area contributed by atoms with E-state index in [9.17, 15) is 4.79 Å². The Labute approximate surface area is 61.9 Å². The van der Waals surface area contributed by atoms with Crippen LogP contribution in [0.4, 0.5) is 0 Å². The Morgan fingerprint density at radius 3 is 2.50 bits per heavy atom. The number of hydrogen-bond donors (Lipinski definition) is 0. The van der Waals surface area contributed by atoms with Crippen LogP contribution in [0.5, 0.6) is 0 Å². The number of nitrogens with zero attached hydrogens (tertiary/aromatic N) is 1. The molecule has 0 N–H and O–H groups in total. The lowest BCUT2D eigenvalue weighted by Crippen LogP contribution is -2.23. The van der Waals surface area contributed by atoms with Crippen LogP contribution in [-0.4, -0.2) is 24.6 Å². The second kappa shape index (κ2) is 5.23. The van der Waals surface area contributed by atoms with Crippen molar-refractivity contribution in [1.29, 1.82) is 0 Å². The maximum absolute atomic E-state index is 10.6. The molecule has 0 radical (unpaired) electrons. The van der Waals surface area contributed by atoms with Crippen molar-refractivity contribution in [3.05, 3.63) is 0 Å². The van der Waals surface area contributed by atoms with Gasteiger partial charge in [-0.3, -0.25) is 4.79 Å². The molecule has 0 rings (SSSR count). The van der Waals surface area contributed by atoms with Crippen molar-refractivity contribution in [2.45, 2.75) is 26.7 Å². The summed E-state index contributed by atoms with van der Waals surface area (Å²) in [7, 11) is 1.76. The number of carbonyl (C=O) groups is 1. The quantitative estimate of drug-likeness (QED) is 0.557. The lowest BCUT2D eigenvalue weighted by atomic mass is 10.5. The minimum Gasteiger partial charge on any atom is -0.368 e. The number of rotatable bonds is 4. The molecule has 0 fully saturated rings. The van der Waals surface area contributed by atoms with E-state index in [1.165, 1.54) is 0 Å². The number of hydrogen-bond acceptors (Lipinski definition) is 3. The fraction of sp³-hybridized carbons (Fsp3) is 0.857. The normalized spacial score (nSPS) is 10.0. The Hall–Kier alpha value is -0.570. The minimum absolute atomic E-state index is 0.170. The van der Waals surface area contributed by atoms with E-state index in [0.717, 1.165) is 13.0 Å². The Bertz CT molecular complexity index is 104.